The van der Waals surface area contributed by atoms with Gasteiger partial charge in [-0.1, -0.05) is 40.1 Å². The highest BCUT2D eigenvalue weighted by Crippen LogP contribution is 2.30. The van der Waals surface area contributed by atoms with Gasteiger partial charge in [0.25, 0.3) is 0 Å². The summed E-state index contributed by atoms with van der Waals surface area (Å²) in [7, 11) is 2.12. The molecule has 14 heavy (non-hydrogen) atoms. The van der Waals surface area contributed by atoms with Gasteiger partial charge in [0.15, 0.2) is 0 Å². The van der Waals surface area contributed by atoms with Crippen LogP contribution in [0.4, 0.5) is 5.13 Å². The maximum atomic E-state index is 4.10. The number of rotatable bonds is 2. The normalized spacial score (nSPS) is 27.6. The van der Waals surface area contributed by atoms with Crippen LogP contribution in [-0.2, 0) is 0 Å². The Morgan fingerprint density at radius 3 is 2.93 bits per heavy atom. The number of nitrogens with zero attached hydrogens (tertiary/aromatic N) is 3. The maximum absolute atomic E-state index is 4.10. The first-order valence-corrected chi connectivity index (χ1v) is 6.71. The van der Waals surface area contributed by atoms with Gasteiger partial charge in [-0.25, -0.2) is 0 Å². The minimum Gasteiger partial charge on any atom is -0.346 e. The molecule has 0 saturated heterocycles. The van der Waals surface area contributed by atoms with E-state index in [1.807, 2.05) is 0 Å². The summed E-state index contributed by atoms with van der Waals surface area (Å²) in [5, 5.41) is 9.00. The Labute approximate surface area is 96.7 Å². The molecule has 0 radical (unpaired) electrons. The summed E-state index contributed by atoms with van der Waals surface area (Å²) in [5.74, 6) is 0. The molecular weight excluding hydrogens is 262 g/mol. The van der Waals surface area contributed by atoms with Crippen molar-refractivity contribution in [2.45, 2.75) is 36.6 Å². The van der Waals surface area contributed by atoms with Crippen LogP contribution in [0.2, 0.25) is 0 Å². The van der Waals surface area contributed by atoms with Crippen molar-refractivity contribution in [3.8, 4) is 0 Å². The predicted octanol–water partition coefficient (Wildman–Crippen LogP) is 2.68. The van der Waals surface area contributed by atoms with Crippen molar-refractivity contribution < 1.29 is 0 Å². The lowest BCUT2D eigenvalue weighted by Gasteiger charge is -2.34. The Bertz CT molecular complexity index is 278. The summed E-state index contributed by atoms with van der Waals surface area (Å²) < 4.78 is 0. The van der Waals surface area contributed by atoms with Crippen LogP contribution in [0.15, 0.2) is 5.51 Å². The number of aromatic nitrogens is 2. The fraction of sp³-hybridized carbons (Fsp3) is 0.778. The average molecular weight is 276 g/mol. The molecule has 1 heterocycles. The second kappa shape index (κ2) is 4.57. The molecule has 1 aliphatic carbocycles. The standard InChI is InChI=1S/C9H14BrN3S/c1-13(9-12-11-6-14-9)8-5-3-2-4-7(8)10/h6-8H,2-5H2,1H3. The van der Waals surface area contributed by atoms with Crippen LogP contribution < -0.4 is 4.90 Å². The van der Waals surface area contributed by atoms with Crippen molar-refractivity contribution in [2.75, 3.05) is 11.9 Å². The number of hydrogen-bond acceptors (Lipinski definition) is 4. The van der Waals surface area contributed by atoms with Gasteiger partial charge in [0.1, 0.15) is 5.51 Å². The van der Waals surface area contributed by atoms with Crippen LogP contribution >= 0.6 is 27.3 Å². The smallest absolute Gasteiger partial charge is 0.208 e. The molecule has 3 nitrogen and oxygen atoms in total. The third kappa shape index (κ3) is 2.08. The van der Waals surface area contributed by atoms with Crippen molar-refractivity contribution in [3.05, 3.63) is 5.51 Å². The molecule has 0 aliphatic heterocycles. The lowest BCUT2D eigenvalue weighted by Crippen LogP contribution is -2.40. The van der Waals surface area contributed by atoms with Crippen molar-refractivity contribution in [1.29, 1.82) is 0 Å². The number of halogens is 1. The van der Waals surface area contributed by atoms with E-state index in [0.29, 0.717) is 10.9 Å². The van der Waals surface area contributed by atoms with Gasteiger partial charge < -0.3 is 4.90 Å². The van der Waals surface area contributed by atoms with E-state index < -0.39 is 0 Å². The zero-order chi connectivity index (χ0) is 9.97. The molecule has 2 unspecified atom stereocenters. The third-order valence-corrected chi connectivity index (χ3v) is 4.64. The summed E-state index contributed by atoms with van der Waals surface area (Å²) in [6.45, 7) is 0. The summed E-state index contributed by atoms with van der Waals surface area (Å²) in [6, 6.07) is 0.580. The first-order chi connectivity index (χ1) is 6.79. The Morgan fingerprint density at radius 2 is 2.29 bits per heavy atom. The minimum atomic E-state index is 0.580. The van der Waals surface area contributed by atoms with Crippen LogP contribution in [-0.4, -0.2) is 28.1 Å². The largest absolute Gasteiger partial charge is 0.346 e. The van der Waals surface area contributed by atoms with Crippen LogP contribution in [0.5, 0.6) is 0 Å². The Balaban J connectivity index is 2.06. The highest BCUT2D eigenvalue weighted by molar-refractivity contribution is 9.09. The zero-order valence-corrected chi connectivity index (χ0v) is 10.6. The molecule has 0 spiro atoms. The topological polar surface area (TPSA) is 29.0 Å². The first kappa shape index (κ1) is 10.4. The second-order valence-electron chi connectivity index (χ2n) is 3.70. The average Bonchev–Trinajstić information content (AvgIpc) is 2.70. The molecular formula is C9H14BrN3S. The molecule has 5 heteroatoms. The lowest BCUT2D eigenvalue weighted by atomic mass is 9.95. The predicted molar refractivity (Wildman–Crippen MR) is 63.3 cm³/mol. The van der Waals surface area contributed by atoms with Crippen LogP contribution in [0, 0.1) is 0 Å². The van der Waals surface area contributed by atoms with Crippen molar-refractivity contribution in [2.24, 2.45) is 0 Å². The maximum Gasteiger partial charge on any atom is 0.208 e. The quantitative estimate of drug-likeness (QED) is 0.778. The van der Waals surface area contributed by atoms with Crippen LogP contribution in [0.25, 0.3) is 0 Å². The molecule has 0 aromatic carbocycles. The molecule has 1 fully saturated rings. The van der Waals surface area contributed by atoms with E-state index in [4.69, 9.17) is 0 Å². The van der Waals surface area contributed by atoms with E-state index in [1.165, 1.54) is 25.7 Å². The first-order valence-electron chi connectivity index (χ1n) is 4.92. The molecule has 0 amide bonds. The number of alkyl halides is 1. The molecule has 1 aromatic rings. The van der Waals surface area contributed by atoms with E-state index in [1.54, 1.807) is 16.8 Å². The van der Waals surface area contributed by atoms with E-state index in [2.05, 4.69) is 38.1 Å². The van der Waals surface area contributed by atoms with Crippen LogP contribution in [0.3, 0.4) is 0 Å². The highest BCUT2D eigenvalue weighted by atomic mass is 79.9. The van der Waals surface area contributed by atoms with E-state index in [9.17, 15) is 0 Å². The molecule has 0 N–H and O–H groups in total. The number of hydrogen-bond donors (Lipinski definition) is 0. The lowest BCUT2D eigenvalue weighted by molar-refractivity contribution is 0.443. The Hall–Kier alpha value is -0.160. The molecule has 2 atom stereocenters. The van der Waals surface area contributed by atoms with E-state index >= 15 is 0 Å². The van der Waals surface area contributed by atoms with Gasteiger partial charge in [-0.05, 0) is 12.8 Å². The summed E-state index contributed by atoms with van der Waals surface area (Å²) in [4.78, 5) is 2.86. The third-order valence-electron chi connectivity index (χ3n) is 2.80. The van der Waals surface area contributed by atoms with Gasteiger partial charge in [0, 0.05) is 17.9 Å². The van der Waals surface area contributed by atoms with Crippen LogP contribution in [0.1, 0.15) is 25.7 Å². The molecule has 1 saturated carbocycles. The minimum absolute atomic E-state index is 0.580. The fourth-order valence-electron chi connectivity index (χ4n) is 1.97. The van der Waals surface area contributed by atoms with E-state index in [0.717, 1.165) is 5.13 Å². The van der Waals surface area contributed by atoms with Gasteiger partial charge in [-0.15, -0.1) is 10.2 Å². The molecule has 78 valence electrons. The second-order valence-corrected chi connectivity index (χ2v) is 5.69. The van der Waals surface area contributed by atoms with E-state index in [-0.39, 0.29) is 0 Å². The molecule has 1 aliphatic rings. The zero-order valence-electron chi connectivity index (χ0n) is 8.19. The van der Waals surface area contributed by atoms with Gasteiger partial charge >= 0.3 is 0 Å². The monoisotopic (exact) mass is 275 g/mol. The van der Waals surface area contributed by atoms with Crippen molar-refractivity contribution in [1.82, 2.24) is 10.2 Å². The number of anilines is 1. The summed E-state index contributed by atoms with van der Waals surface area (Å²) >= 11 is 5.37. The molecule has 1 aromatic heterocycles. The fourth-order valence-corrected chi connectivity index (χ4v) is 3.49. The van der Waals surface area contributed by atoms with Gasteiger partial charge in [-0.3, -0.25) is 0 Å². The molecule has 2 rings (SSSR count). The Morgan fingerprint density at radius 1 is 1.50 bits per heavy atom. The van der Waals surface area contributed by atoms with Crippen molar-refractivity contribution >= 4 is 32.4 Å². The Kier molecular flexibility index (Phi) is 3.38. The van der Waals surface area contributed by atoms with Gasteiger partial charge in [-0.2, -0.15) is 0 Å². The van der Waals surface area contributed by atoms with Gasteiger partial charge in [0.05, 0.1) is 0 Å². The van der Waals surface area contributed by atoms with Gasteiger partial charge in [0.2, 0.25) is 5.13 Å². The summed E-state index contributed by atoms with van der Waals surface area (Å²) in [6.07, 6.45) is 5.20. The highest BCUT2D eigenvalue weighted by Gasteiger charge is 2.27. The molecule has 0 bridgehead atoms. The summed E-state index contributed by atoms with van der Waals surface area (Å²) in [5.41, 5.74) is 1.79. The van der Waals surface area contributed by atoms with Crippen molar-refractivity contribution in [3.63, 3.8) is 0 Å². The SMILES string of the molecule is CN(c1nncs1)C1CCCCC1Br.